The minimum atomic E-state index is 0.990. The highest BCUT2D eigenvalue weighted by molar-refractivity contribution is 5.13. The molecule has 0 spiro atoms. The lowest BCUT2D eigenvalue weighted by molar-refractivity contribution is 0.380. The Kier molecular flexibility index (Phi) is 9.49. The van der Waals surface area contributed by atoms with Gasteiger partial charge in [0, 0.05) is 0 Å². The summed E-state index contributed by atoms with van der Waals surface area (Å²) < 4.78 is 0. The predicted molar refractivity (Wildman–Crippen MR) is 85.4 cm³/mol. The first-order valence-corrected chi connectivity index (χ1v) is 8.31. The molecule has 0 saturated heterocycles. The molecular formula is C19H31. The summed E-state index contributed by atoms with van der Waals surface area (Å²) in [6, 6.07) is 11.5. The van der Waals surface area contributed by atoms with E-state index in [9.17, 15) is 0 Å². The van der Waals surface area contributed by atoms with E-state index in [4.69, 9.17) is 0 Å². The molecule has 0 saturated carbocycles. The number of hydrogen-bond acceptors (Lipinski definition) is 0. The molecular weight excluding hydrogens is 228 g/mol. The number of aryl methyl sites for hydroxylation is 1. The second kappa shape index (κ2) is 11.1. The van der Waals surface area contributed by atoms with E-state index >= 15 is 0 Å². The number of benzene rings is 1. The zero-order valence-electron chi connectivity index (χ0n) is 13.0. The Labute approximate surface area is 120 Å². The van der Waals surface area contributed by atoms with Gasteiger partial charge < -0.3 is 0 Å². The fourth-order valence-electron chi connectivity index (χ4n) is 2.77. The summed E-state index contributed by atoms with van der Waals surface area (Å²) in [6.45, 7) is 4.62. The molecule has 0 atom stereocenters. The van der Waals surface area contributed by atoms with Gasteiger partial charge in [-0.25, -0.2) is 0 Å². The van der Waals surface area contributed by atoms with Crippen LogP contribution in [0.2, 0.25) is 0 Å². The molecule has 0 aliphatic rings. The normalized spacial score (nSPS) is 11.1. The summed E-state index contributed by atoms with van der Waals surface area (Å²) in [5, 5.41) is 0. The highest BCUT2D eigenvalue weighted by Gasteiger charge is 2.07. The molecule has 0 N–H and O–H groups in total. The molecule has 107 valence electrons. The first-order chi connectivity index (χ1) is 9.36. The Morgan fingerprint density at radius 2 is 1.42 bits per heavy atom. The monoisotopic (exact) mass is 259 g/mol. The SMILES string of the molecule is CCCCC(CCCC)CCCCc1cc[c]cc1. The summed E-state index contributed by atoms with van der Waals surface area (Å²) in [5.41, 5.74) is 1.47. The van der Waals surface area contributed by atoms with E-state index in [0.29, 0.717) is 0 Å². The zero-order valence-corrected chi connectivity index (χ0v) is 13.0. The highest BCUT2D eigenvalue weighted by atomic mass is 14.1. The fourth-order valence-corrected chi connectivity index (χ4v) is 2.77. The minimum absolute atomic E-state index is 0.990. The van der Waals surface area contributed by atoms with Crippen molar-refractivity contribution >= 4 is 0 Å². The van der Waals surface area contributed by atoms with Gasteiger partial charge in [-0.15, -0.1) is 0 Å². The molecule has 0 aliphatic heterocycles. The van der Waals surface area contributed by atoms with Gasteiger partial charge in [-0.05, 0) is 30.4 Å². The molecule has 1 aromatic carbocycles. The third-order valence-corrected chi connectivity index (χ3v) is 4.05. The van der Waals surface area contributed by atoms with Crippen molar-refractivity contribution in [2.75, 3.05) is 0 Å². The molecule has 0 aliphatic carbocycles. The summed E-state index contributed by atoms with van der Waals surface area (Å²) in [5.74, 6) is 0.990. The van der Waals surface area contributed by atoms with Crippen molar-refractivity contribution in [3.63, 3.8) is 0 Å². The molecule has 0 bridgehead atoms. The first-order valence-electron chi connectivity index (χ1n) is 8.31. The van der Waals surface area contributed by atoms with Crippen LogP contribution in [0.25, 0.3) is 0 Å². The highest BCUT2D eigenvalue weighted by Crippen LogP contribution is 2.22. The summed E-state index contributed by atoms with van der Waals surface area (Å²) in [7, 11) is 0. The Balaban J connectivity index is 2.16. The van der Waals surface area contributed by atoms with Gasteiger partial charge in [0.2, 0.25) is 0 Å². The zero-order chi connectivity index (χ0) is 13.8. The molecule has 1 radical (unpaired) electrons. The minimum Gasteiger partial charge on any atom is -0.0654 e. The van der Waals surface area contributed by atoms with Crippen molar-refractivity contribution in [2.24, 2.45) is 5.92 Å². The van der Waals surface area contributed by atoms with Crippen molar-refractivity contribution in [3.05, 3.63) is 35.9 Å². The van der Waals surface area contributed by atoms with Crippen LogP contribution in [-0.4, -0.2) is 0 Å². The first kappa shape index (κ1) is 16.3. The van der Waals surface area contributed by atoms with E-state index in [-0.39, 0.29) is 0 Å². The van der Waals surface area contributed by atoms with E-state index in [1.165, 1.54) is 69.8 Å². The van der Waals surface area contributed by atoms with E-state index in [1.807, 2.05) is 12.1 Å². The third-order valence-electron chi connectivity index (χ3n) is 4.05. The largest absolute Gasteiger partial charge is 0.0654 e. The second-order valence-electron chi connectivity index (χ2n) is 5.80. The van der Waals surface area contributed by atoms with Gasteiger partial charge in [-0.3, -0.25) is 0 Å². The van der Waals surface area contributed by atoms with Crippen LogP contribution in [0.1, 0.15) is 77.2 Å². The Hall–Kier alpha value is -0.780. The molecule has 1 rings (SSSR count). The molecule has 0 unspecified atom stereocenters. The van der Waals surface area contributed by atoms with Gasteiger partial charge in [-0.2, -0.15) is 0 Å². The fraction of sp³-hybridized carbons (Fsp3) is 0.684. The molecule has 0 heteroatoms. The van der Waals surface area contributed by atoms with Crippen LogP contribution in [0.15, 0.2) is 24.3 Å². The lowest BCUT2D eigenvalue weighted by Crippen LogP contribution is -2.01. The van der Waals surface area contributed by atoms with Gasteiger partial charge in [0.25, 0.3) is 0 Å². The van der Waals surface area contributed by atoms with Crippen molar-refractivity contribution in [1.29, 1.82) is 0 Å². The summed E-state index contributed by atoms with van der Waals surface area (Å²) in [6.07, 6.45) is 13.9. The number of hydrogen-bond donors (Lipinski definition) is 0. The van der Waals surface area contributed by atoms with Crippen molar-refractivity contribution in [3.8, 4) is 0 Å². The quantitative estimate of drug-likeness (QED) is 0.415. The van der Waals surface area contributed by atoms with Crippen molar-refractivity contribution in [1.82, 2.24) is 0 Å². The van der Waals surface area contributed by atoms with Crippen LogP contribution >= 0.6 is 0 Å². The lowest BCUT2D eigenvalue weighted by Gasteiger charge is -2.16. The third kappa shape index (κ3) is 8.08. The number of rotatable bonds is 11. The van der Waals surface area contributed by atoms with Crippen LogP contribution < -0.4 is 0 Å². The molecule has 0 amide bonds. The van der Waals surface area contributed by atoms with Gasteiger partial charge in [-0.1, -0.05) is 89.5 Å². The Bertz CT molecular complexity index is 280. The van der Waals surface area contributed by atoms with E-state index in [2.05, 4.69) is 32.0 Å². The number of unbranched alkanes of at least 4 members (excludes halogenated alkanes) is 3. The maximum atomic E-state index is 3.09. The van der Waals surface area contributed by atoms with Crippen LogP contribution in [-0.2, 0) is 6.42 Å². The molecule has 19 heavy (non-hydrogen) atoms. The average molecular weight is 259 g/mol. The maximum absolute atomic E-state index is 3.09. The predicted octanol–water partition coefficient (Wildman–Crippen LogP) is 6.20. The van der Waals surface area contributed by atoms with E-state index < -0.39 is 0 Å². The van der Waals surface area contributed by atoms with Crippen LogP contribution in [0.4, 0.5) is 0 Å². The standard InChI is InChI=1S/C19H31/c1-3-5-12-18(13-6-4-2)16-10-11-17-19-14-8-7-9-15-19/h8-9,14-15,18H,3-6,10-13,16-17H2,1-2H3. The molecule has 1 aromatic rings. The van der Waals surface area contributed by atoms with Crippen LogP contribution in [0.5, 0.6) is 0 Å². The molecule has 0 nitrogen and oxygen atoms in total. The average Bonchev–Trinajstić information content (AvgIpc) is 2.46. The van der Waals surface area contributed by atoms with Crippen LogP contribution in [0, 0.1) is 12.0 Å². The van der Waals surface area contributed by atoms with Crippen molar-refractivity contribution in [2.45, 2.75) is 78.1 Å². The van der Waals surface area contributed by atoms with Crippen molar-refractivity contribution < 1.29 is 0 Å². The molecule has 0 aromatic heterocycles. The molecule has 0 heterocycles. The maximum Gasteiger partial charge on any atom is -0.0184 e. The van der Waals surface area contributed by atoms with Crippen LogP contribution in [0.3, 0.4) is 0 Å². The second-order valence-corrected chi connectivity index (χ2v) is 5.80. The summed E-state index contributed by atoms with van der Waals surface area (Å²) in [4.78, 5) is 0. The van der Waals surface area contributed by atoms with Gasteiger partial charge >= 0.3 is 0 Å². The lowest BCUT2D eigenvalue weighted by atomic mass is 9.90. The van der Waals surface area contributed by atoms with Gasteiger partial charge in [0.1, 0.15) is 0 Å². The van der Waals surface area contributed by atoms with Gasteiger partial charge in [0.15, 0.2) is 0 Å². The van der Waals surface area contributed by atoms with Gasteiger partial charge in [0.05, 0.1) is 0 Å². The van der Waals surface area contributed by atoms with E-state index in [1.54, 1.807) is 0 Å². The Morgan fingerprint density at radius 1 is 0.842 bits per heavy atom. The van der Waals surface area contributed by atoms with E-state index in [0.717, 1.165) is 5.92 Å². The smallest absolute Gasteiger partial charge is 0.0184 e. The molecule has 0 fully saturated rings. The summed E-state index contributed by atoms with van der Waals surface area (Å²) >= 11 is 0. The topological polar surface area (TPSA) is 0 Å². The Morgan fingerprint density at radius 3 is 2.00 bits per heavy atom.